The van der Waals surface area contributed by atoms with Crippen LogP contribution in [0.2, 0.25) is 0 Å². The number of hydrogen-bond donors (Lipinski definition) is 1. The predicted molar refractivity (Wildman–Crippen MR) is 71.3 cm³/mol. The van der Waals surface area contributed by atoms with Crippen molar-refractivity contribution in [3.05, 3.63) is 0 Å². The third-order valence-electron chi connectivity index (χ3n) is 4.84. The molecule has 0 aliphatic carbocycles. The third-order valence-corrected chi connectivity index (χ3v) is 4.84. The lowest BCUT2D eigenvalue weighted by Gasteiger charge is -2.26. The normalized spacial score (nSPS) is 36.0. The zero-order valence-corrected chi connectivity index (χ0v) is 11.0. The number of nitrogens with zero attached hydrogens (tertiary/aromatic N) is 2. The summed E-state index contributed by atoms with van der Waals surface area (Å²) in [6, 6.07) is 1.70. The van der Waals surface area contributed by atoms with Crippen LogP contribution in [0.25, 0.3) is 0 Å². The maximum atomic E-state index is 3.62. The summed E-state index contributed by atoms with van der Waals surface area (Å²) in [5.74, 6) is 0. The van der Waals surface area contributed by atoms with Crippen molar-refractivity contribution in [2.75, 3.05) is 39.3 Å². The van der Waals surface area contributed by atoms with Gasteiger partial charge in [-0.15, -0.1) is 0 Å². The Morgan fingerprint density at radius 1 is 1.00 bits per heavy atom. The Kier molecular flexibility index (Phi) is 3.99. The van der Waals surface area contributed by atoms with Gasteiger partial charge in [0.1, 0.15) is 0 Å². The summed E-state index contributed by atoms with van der Waals surface area (Å²) in [5, 5.41) is 3.62. The first-order valence-corrected chi connectivity index (χ1v) is 7.61. The van der Waals surface area contributed by atoms with E-state index in [-0.39, 0.29) is 0 Å². The molecular weight excluding hydrogens is 210 g/mol. The Morgan fingerprint density at radius 3 is 2.82 bits per heavy atom. The van der Waals surface area contributed by atoms with Crippen LogP contribution in [0.5, 0.6) is 0 Å². The van der Waals surface area contributed by atoms with E-state index < -0.39 is 0 Å². The highest BCUT2D eigenvalue weighted by atomic mass is 15.3. The van der Waals surface area contributed by atoms with Gasteiger partial charge in [-0.3, -0.25) is 4.90 Å². The zero-order valence-electron chi connectivity index (χ0n) is 11.0. The Bertz CT molecular complexity index is 238. The van der Waals surface area contributed by atoms with Crippen LogP contribution >= 0.6 is 0 Å². The summed E-state index contributed by atoms with van der Waals surface area (Å²) in [4.78, 5) is 5.46. The molecule has 3 saturated heterocycles. The van der Waals surface area contributed by atoms with Gasteiger partial charge in [-0.2, -0.15) is 0 Å². The first kappa shape index (κ1) is 11.9. The average molecular weight is 237 g/mol. The molecule has 0 aromatic rings. The van der Waals surface area contributed by atoms with Gasteiger partial charge in [0.25, 0.3) is 0 Å². The van der Waals surface area contributed by atoms with E-state index in [1.807, 2.05) is 0 Å². The van der Waals surface area contributed by atoms with Gasteiger partial charge >= 0.3 is 0 Å². The van der Waals surface area contributed by atoms with Crippen LogP contribution in [0.4, 0.5) is 0 Å². The van der Waals surface area contributed by atoms with Crippen molar-refractivity contribution in [1.82, 2.24) is 15.1 Å². The largest absolute Gasteiger partial charge is 0.314 e. The van der Waals surface area contributed by atoms with E-state index in [9.17, 15) is 0 Å². The van der Waals surface area contributed by atoms with E-state index in [0.717, 1.165) is 12.1 Å². The van der Waals surface area contributed by atoms with E-state index in [4.69, 9.17) is 0 Å². The smallest absolute Gasteiger partial charge is 0.0223 e. The molecular formula is C14H27N3. The summed E-state index contributed by atoms with van der Waals surface area (Å²) >= 11 is 0. The average Bonchev–Trinajstić information content (AvgIpc) is 2.95. The van der Waals surface area contributed by atoms with Crippen LogP contribution in [0.3, 0.4) is 0 Å². The lowest BCUT2D eigenvalue weighted by molar-refractivity contribution is 0.214. The van der Waals surface area contributed by atoms with E-state index in [0.29, 0.717) is 0 Å². The molecule has 0 saturated carbocycles. The topological polar surface area (TPSA) is 18.5 Å². The van der Waals surface area contributed by atoms with Crippen LogP contribution in [0.15, 0.2) is 0 Å². The van der Waals surface area contributed by atoms with Gasteiger partial charge in [-0.1, -0.05) is 0 Å². The highest BCUT2D eigenvalue weighted by Gasteiger charge is 2.28. The first-order valence-electron chi connectivity index (χ1n) is 7.61. The highest BCUT2D eigenvalue weighted by molar-refractivity contribution is 4.85. The van der Waals surface area contributed by atoms with Crippen LogP contribution in [0, 0.1) is 0 Å². The molecule has 1 N–H and O–H groups in total. The Balaban J connectivity index is 1.45. The fraction of sp³-hybridized carbons (Fsp3) is 1.00. The molecule has 0 aromatic heterocycles. The minimum absolute atomic E-state index is 0.818. The van der Waals surface area contributed by atoms with E-state index >= 15 is 0 Å². The summed E-state index contributed by atoms with van der Waals surface area (Å²) in [5.41, 5.74) is 0. The molecule has 3 nitrogen and oxygen atoms in total. The van der Waals surface area contributed by atoms with Crippen molar-refractivity contribution in [1.29, 1.82) is 0 Å². The minimum Gasteiger partial charge on any atom is -0.314 e. The van der Waals surface area contributed by atoms with E-state index in [2.05, 4.69) is 15.1 Å². The number of rotatable bonds is 3. The quantitative estimate of drug-likeness (QED) is 0.798. The van der Waals surface area contributed by atoms with Gasteiger partial charge < -0.3 is 10.2 Å². The summed E-state index contributed by atoms with van der Waals surface area (Å²) in [7, 11) is 0. The Hall–Kier alpha value is -0.120. The molecule has 3 aliphatic rings. The van der Waals surface area contributed by atoms with Gasteiger partial charge in [0, 0.05) is 18.6 Å². The summed E-state index contributed by atoms with van der Waals surface area (Å²) in [6.45, 7) is 7.96. The Labute approximate surface area is 106 Å². The fourth-order valence-corrected chi connectivity index (χ4v) is 3.83. The fourth-order valence-electron chi connectivity index (χ4n) is 3.83. The molecule has 3 heteroatoms. The van der Waals surface area contributed by atoms with Crippen molar-refractivity contribution in [3.63, 3.8) is 0 Å². The molecule has 2 unspecified atom stereocenters. The van der Waals surface area contributed by atoms with Crippen LogP contribution in [-0.4, -0.2) is 61.2 Å². The molecule has 3 fully saturated rings. The van der Waals surface area contributed by atoms with Crippen molar-refractivity contribution in [3.8, 4) is 0 Å². The second-order valence-corrected chi connectivity index (χ2v) is 6.07. The standard InChI is InChI=1S/C14H27N3/c1-4-13(15-7-1)6-11-16-8-3-10-17-9-2-5-14(17)12-16/h13-15H,1-12H2. The SMILES string of the molecule is C1CNC(CCN2CCCN3CCCC3C2)C1. The second kappa shape index (κ2) is 5.68. The molecule has 2 atom stereocenters. The van der Waals surface area contributed by atoms with Gasteiger partial charge in [0.15, 0.2) is 0 Å². The molecule has 3 heterocycles. The number of hydrogen-bond acceptors (Lipinski definition) is 3. The van der Waals surface area contributed by atoms with Gasteiger partial charge in [-0.25, -0.2) is 0 Å². The third kappa shape index (κ3) is 3.01. The van der Waals surface area contributed by atoms with Crippen molar-refractivity contribution >= 4 is 0 Å². The maximum Gasteiger partial charge on any atom is 0.0223 e. The number of nitrogens with one attached hydrogen (secondary N) is 1. The summed E-state index contributed by atoms with van der Waals surface area (Å²) in [6.07, 6.45) is 8.42. The van der Waals surface area contributed by atoms with Crippen LogP contribution in [-0.2, 0) is 0 Å². The molecule has 3 aliphatic heterocycles. The van der Waals surface area contributed by atoms with E-state index in [1.165, 1.54) is 77.8 Å². The molecule has 0 radical (unpaired) electrons. The van der Waals surface area contributed by atoms with Crippen molar-refractivity contribution < 1.29 is 0 Å². The second-order valence-electron chi connectivity index (χ2n) is 6.07. The molecule has 0 bridgehead atoms. The van der Waals surface area contributed by atoms with Crippen molar-refractivity contribution in [2.24, 2.45) is 0 Å². The molecule has 3 rings (SSSR count). The van der Waals surface area contributed by atoms with Gasteiger partial charge in [0.2, 0.25) is 0 Å². The lowest BCUT2D eigenvalue weighted by Crippen LogP contribution is -2.38. The maximum absolute atomic E-state index is 3.62. The molecule has 0 spiro atoms. The van der Waals surface area contributed by atoms with E-state index in [1.54, 1.807) is 0 Å². The lowest BCUT2D eigenvalue weighted by atomic mass is 10.1. The van der Waals surface area contributed by atoms with Gasteiger partial charge in [0.05, 0.1) is 0 Å². The predicted octanol–water partition coefficient (Wildman–Crippen LogP) is 1.30. The molecule has 17 heavy (non-hydrogen) atoms. The van der Waals surface area contributed by atoms with Crippen LogP contribution in [0.1, 0.15) is 38.5 Å². The van der Waals surface area contributed by atoms with Gasteiger partial charge in [-0.05, 0) is 71.2 Å². The summed E-state index contributed by atoms with van der Waals surface area (Å²) < 4.78 is 0. The monoisotopic (exact) mass is 237 g/mol. The highest BCUT2D eigenvalue weighted by Crippen LogP contribution is 2.21. The zero-order chi connectivity index (χ0) is 11.5. The van der Waals surface area contributed by atoms with Crippen molar-refractivity contribution in [2.45, 2.75) is 50.6 Å². The van der Waals surface area contributed by atoms with Crippen LogP contribution < -0.4 is 5.32 Å². The number of fused-ring (bicyclic) bond motifs is 1. The molecule has 0 aromatic carbocycles. The minimum atomic E-state index is 0.818. The first-order chi connectivity index (χ1) is 8.42. The molecule has 0 amide bonds. The Morgan fingerprint density at radius 2 is 1.94 bits per heavy atom. The molecule has 98 valence electrons.